The molecule has 1 N–H and O–H groups in total. The van der Waals surface area contributed by atoms with Crippen molar-refractivity contribution < 1.29 is 8.42 Å². The molecule has 2 aromatic carbocycles. The van der Waals surface area contributed by atoms with E-state index in [9.17, 15) is 8.42 Å². The number of hydrogen-bond acceptors (Lipinski definition) is 5. The van der Waals surface area contributed by atoms with E-state index in [1.165, 1.54) is 6.20 Å². The van der Waals surface area contributed by atoms with Crippen LogP contribution >= 0.6 is 0 Å². The van der Waals surface area contributed by atoms with Crippen LogP contribution < -0.4 is 10.2 Å². The fourth-order valence-corrected chi connectivity index (χ4v) is 4.83. The molecule has 3 aromatic rings. The smallest absolute Gasteiger partial charge is 0.208 e. The maximum absolute atomic E-state index is 13.0. The van der Waals surface area contributed by atoms with Crippen molar-refractivity contribution >= 4 is 26.4 Å². The van der Waals surface area contributed by atoms with Gasteiger partial charge in [0.25, 0.3) is 0 Å². The van der Waals surface area contributed by atoms with Crippen LogP contribution in [0.25, 0.3) is 10.9 Å². The van der Waals surface area contributed by atoms with Crippen molar-refractivity contribution in [2.24, 2.45) is 0 Å². The molecule has 0 unspecified atom stereocenters. The van der Waals surface area contributed by atoms with Gasteiger partial charge < -0.3 is 10.2 Å². The van der Waals surface area contributed by atoms with Gasteiger partial charge in [0, 0.05) is 43.4 Å². The molecule has 1 aliphatic heterocycles. The van der Waals surface area contributed by atoms with E-state index in [1.807, 2.05) is 31.2 Å². The molecule has 2 heterocycles. The number of rotatable bonds is 3. The first-order valence-corrected chi connectivity index (χ1v) is 10.2. The predicted molar refractivity (Wildman–Crippen MR) is 103 cm³/mol. The highest BCUT2D eigenvalue weighted by molar-refractivity contribution is 7.91. The first kappa shape index (κ1) is 17.0. The second-order valence-corrected chi connectivity index (χ2v) is 8.47. The minimum Gasteiger partial charge on any atom is -0.369 e. The maximum atomic E-state index is 13.0. The molecule has 0 saturated carbocycles. The van der Waals surface area contributed by atoms with Gasteiger partial charge in [0.1, 0.15) is 0 Å². The standard InChI is InChI=1S/C20H21N3O2S/c1-15-4-2-3-5-20(15)26(24,25)18-13-16-12-17(6-7-19(16)22-14-18)23-10-8-21-9-11-23/h2-7,12-14,21H,8-11H2,1H3. The van der Waals surface area contributed by atoms with Crippen LogP contribution in [0.15, 0.2) is 64.5 Å². The van der Waals surface area contributed by atoms with Gasteiger partial charge in [0.15, 0.2) is 0 Å². The molecule has 0 amide bonds. The quantitative estimate of drug-likeness (QED) is 0.771. The van der Waals surface area contributed by atoms with Crippen molar-refractivity contribution in [3.05, 3.63) is 60.3 Å². The van der Waals surface area contributed by atoms with Gasteiger partial charge in [0.05, 0.1) is 15.3 Å². The zero-order valence-corrected chi connectivity index (χ0v) is 15.5. The zero-order chi connectivity index (χ0) is 18.1. The van der Waals surface area contributed by atoms with Crippen molar-refractivity contribution in [3.63, 3.8) is 0 Å². The van der Waals surface area contributed by atoms with E-state index in [0.717, 1.165) is 48.3 Å². The van der Waals surface area contributed by atoms with Crippen LogP contribution in [0.1, 0.15) is 5.56 Å². The lowest BCUT2D eigenvalue weighted by molar-refractivity contribution is 0.589. The SMILES string of the molecule is Cc1ccccc1S(=O)(=O)c1cnc2ccc(N3CCNCC3)cc2c1. The molecular formula is C20H21N3O2S. The van der Waals surface area contributed by atoms with E-state index in [2.05, 4.69) is 21.3 Å². The van der Waals surface area contributed by atoms with Crippen molar-refractivity contribution in [2.75, 3.05) is 31.1 Å². The highest BCUT2D eigenvalue weighted by atomic mass is 32.2. The second kappa shape index (κ2) is 6.70. The lowest BCUT2D eigenvalue weighted by atomic mass is 10.1. The molecule has 0 spiro atoms. The number of anilines is 1. The van der Waals surface area contributed by atoms with Gasteiger partial charge in [-0.05, 0) is 42.8 Å². The Labute approximate surface area is 153 Å². The molecule has 0 atom stereocenters. The van der Waals surface area contributed by atoms with Crippen molar-refractivity contribution in [2.45, 2.75) is 16.7 Å². The van der Waals surface area contributed by atoms with Gasteiger partial charge in [-0.2, -0.15) is 0 Å². The summed E-state index contributed by atoms with van der Waals surface area (Å²) in [5, 5.41) is 4.18. The van der Waals surface area contributed by atoms with Gasteiger partial charge in [-0.1, -0.05) is 18.2 Å². The third-order valence-electron chi connectivity index (χ3n) is 4.82. The topological polar surface area (TPSA) is 62.3 Å². The molecule has 1 aromatic heterocycles. The lowest BCUT2D eigenvalue weighted by Crippen LogP contribution is -2.43. The zero-order valence-electron chi connectivity index (χ0n) is 14.6. The van der Waals surface area contributed by atoms with E-state index in [0.29, 0.717) is 4.90 Å². The fourth-order valence-electron chi connectivity index (χ4n) is 3.35. The molecule has 6 heteroatoms. The predicted octanol–water partition coefficient (Wildman–Crippen LogP) is 2.79. The van der Waals surface area contributed by atoms with Gasteiger partial charge in [-0.15, -0.1) is 0 Å². The number of aromatic nitrogens is 1. The van der Waals surface area contributed by atoms with Crippen molar-refractivity contribution in [3.8, 4) is 0 Å². The number of aryl methyl sites for hydroxylation is 1. The number of nitrogens with one attached hydrogen (secondary N) is 1. The molecule has 4 rings (SSSR count). The summed E-state index contributed by atoms with van der Waals surface area (Å²) in [5.41, 5.74) is 2.64. The summed E-state index contributed by atoms with van der Waals surface area (Å²) in [6, 6.07) is 14.8. The van der Waals surface area contributed by atoms with Crippen LogP contribution in [0.2, 0.25) is 0 Å². The molecule has 0 bridgehead atoms. The summed E-state index contributed by atoms with van der Waals surface area (Å²) in [5.74, 6) is 0. The van der Waals surface area contributed by atoms with Crippen LogP contribution in [0.4, 0.5) is 5.69 Å². The van der Waals surface area contributed by atoms with Gasteiger partial charge >= 0.3 is 0 Å². The van der Waals surface area contributed by atoms with E-state index >= 15 is 0 Å². The molecule has 134 valence electrons. The van der Waals surface area contributed by atoms with Gasteiger partial charge in [0.2, 0.25) is 9.84 Å². The maximum Gasteiger partial charge on any atom is 0.208 e. The van der Waals surface area contributed by atoms with Crippen LogP contribution in [0, 0.1) is 6.92 Å². The Morgan fingerprint density at radius 3 is 2.58 bits per heavy atom. The minimum atomic E-state index is -3.58. The summed E-state index contributed by atoms with van der Waals surface area (Å²) in [7, 11) is -3.58. The Balaban J connectivity index is 1.78. The average Bonchev–Trinajstić information content (AvgIpc) is 2.68. The first-order chi connectivity index (χ1) is 12.6. The highest BCUT2D eigenvalue weighted by Crippen LogP contribution is 2.27. The normalized spacial score (nSPS) is 15.3. The molecule has 1 fully saturated rings. The Hall–Kier alpha value is -2.44. The Kier molecular flexibility index (Phi) is 4.38. The number of pyridine rings is 1. The molecule has 1 saturated heterocycles. The van der Waals surface area contributed by atoms with Crippen molar-refractivity contribution in [1.82, 2.24) is 10.3 Å². The van der Waals surface area contributed by atoms with E-state index in [-0.39, 0.29) is 4.90 Å². The molecule has 0 radical (unpaired) electrons. The third-order valence-corrected chi connectivity index (χ3v) is 6.70. The van der Waals surface area contributed by atoms with Gasteiger partial charge in [-0.3, -0.25) is 4.98 Å². The monoisotopic (exact) mass is 367 g/mol. The first-order valence-electron chi connectivity index (χ1n) is 8.72. The van der Waals surface area contributed by atoms with Crippen molar-refractivity contribution in [1.29, 1.82) is 0 Å². The van der Waals surface area contributed by atoms with E-state index < -0.39 is 9.84 Å². The molecule has 1 aliphatic rings. The number of sulfone groups is 1. The summed E-state index contributed by atoms with van der Waals surface area (Å²) >= 11 is 0. The minimum absolute atomic E-state index is 0.233. The summed E-state index contributed by atoms with van der Waals surface area (Å²) < 4.78 is 26.1. The van der Waals surface area contributed by atoms with Gasteiger partial charge in [-0.25, -0.2) is 8.42 Å². The molecular weight excluding hydrogens is 346 g/mol. The Morgan fingerprint density at radius 1 is 1.04 bits per heavy atom. The fraction of sp³-hybridized carbons (Fsp3) is 0.250. The Bertz CT molecular complexity index is 1060. The molecule has 26 heavy (non-hydrogen) atoms. The second-order valence-electron chi connectivity index (χ2n) is 6.55. The Morgan fingerprint density at radius 2 is 1.81 bits per heavy atom. The lowest BCUT2D eigenvalue weighted by Gasteiger charge is -2.29. The average molecular weight is 367 g/mol. The summed E-state index contributed by atoms with van der Waals surface area (Å²) in [4.78, 5) is 7.25. The number of nitrogens with zero attached hydrogens (tertiary/aromatic N) is 2. The van der Waals surface area contributed by atoms with Crippen LogP contribution in [-0.4, -0.2) is 39.6 Å². The summed E-state index contributed by atoms with van der Waals surface area (Å²) in [6.45, 7) is 5.61. The summed E-state index contributed by atoms with van der Waals surface area (Å²) in [6.07, 6.45) is 1.45. The highest BCUT2D eigenvalue weighted by Gasteiger charge is 2.20. The molecule has 0 aliphatic carbocycles. The van der Waals surface area contributed by atoms with E-state index in [1.54, 1.807) is 18.2 Å². The number of benzene rings is 2. The van der Waals surface area contributed by atoms with Crippen LogP contribution in [0.3, 0.4) is 0 Å². The van der Waals surface area contributed by atoms with Crippen LogP contribution in [0.5, 0.6) is 0 Å². The third kappa shape index (κ3) is 3.06. The number of hydrogen-bond donors (Lipinski definition) is 1. The largest absolute Gasteiger partial charge is 0.369 e. The number of fused-ring (bicyclic) bond motifs is 1. The molecule has 5 nitrogen and oxygen atoms in total. The number of piperazine rings is 1. The van der Waals surface area contributed by atoms with E-state index in [4.69, 9.17) is 0 Å². The van der Waals surface area contributed by atoms with Crippen LogP contribution in [-0.2, 0) is 9.84 Å².